The summed E-state index contributed by atoms with van der Waals surface area (Å²) in [4.78, 5) is 26.5. The zero-order valence-electron chi connectivity index (χ0n) is 22.5. The van der Waals surface area contributed by atoms with Crippen LogP contribution in [0.1, 0.15) is 27.0 Å². The van der Waals surface area contributed by atoms with E-state index in [1.165, 1.54) is 16.8 Å². The van der Waals surface area contributed by atoms with Crippen LogP contribution in [-0.2, 0) is 13.7 Å². The van der Waals surface area contributed by atoms with Gasteiger partial charge in [-0.15, -0.1) is 0 Å². The van der Waals surface area contributed by atoms with Crippen molar-refractivity contribution < 1.29 is 13.7 Å². The van der Waals surface area contributed by atoms with Gasteiger partial charge in [-0.3, -0.25) is 14.3 Å². The minimum atomic E-state index is -2.82. The third kappa shape index (κ3) is 5.81. The number of hydrogen-bond acceptors (Lipinski definition) is 5. The van der Waals surface area contributed by atoms with E-state index in [0.717, 1.165) is 10.4 Å². The van der Waals surface area contributed by atoms with E-state index in [1.54, 1.807) is 23.4 Å². The Morgan fingerprint density at radius 1 is 1.00 bits per heavy atom. The standard InChI is InChI=1S/C27H35N4O5PSi/c1-27(2,3)38(22-12-8-6-9-13-22,23-14-10-7-11-15-23)35-20-21-18-30(37(34)29(4)5)19-25(36-21)31-17-16-24(32)28-26(31)33/h6-17,21,25H,18-20H2,1-5H3/p+1/t21-,25+/m0/s1. The molecule has 3 atom stereocenters. The van der Waals surface area contributed by atoms with Gasteiger partial charge in [0.05, 0.1) is 25.8 Å². The van der Waals surface area contributed by atoms with Crippen molar-refractivity contribution in [2.24, 2.45) is 0 Å². The quantitative estimate of drug-likeness (QED) is 0.337. The van der Waals surface area contributed by atoms with Crippen molar-refractivity contribution in [3.8, 4) is 0 Å². The molecule has 0 radical (unpaired) electrons. The third-order valence-electron chi connectivity index (χ3n) is 6.78. The van der Waals surface area contributed by atoms with Gasteiger partial charge >= 0.3 is 13.8 Å². The summed E-state index contributed by atoms with van der Waals surface area (Å²) in [5.41, 5.74) is -1.05. The molecule has 1 aliphatic heterocycles. The Hall–Kier alpha value is -2.72. The molecule has 2 aromatic carbocycles. The molecule has 0 saturated carbocycles. The second-order valence-corrected chi connectivity index (χ2v) is 16.9. The molecule has 38 heavy (non-hydrogen) atoms. The van der Waals surface area contributed by atoms with Crippen LogP contribution in [0.3, 0.4) is 0 Å². The van der Waals surface area contributed by atoms with Gasteiger partial charge in [-0.25, -0.2) is 4.79 Å². The van der Waals surface area contributed by atoms with Crippen molar-refractivity contribution in [2.75, 3.05) is 33.8 Å². The summed E-state index contributed by atoms with van der Waals surface area (Å²) >= 11 is 0. The van der Waals surface area contributed by atoms with Gasteiger partial charge in [0.1, 0.15) is 0 Å². The molecule has 202 valence electrons. The summed E-state index contributed by atoms with van der Waals surface area (Å²) < 4.78 is 31.4. The third-order valence-corrected chi connectivity index (χ3v) is 13.3. The largest absolute Gasteiger partial charge is 0.537 e. The molecule has 1 unspecified atom stereocenters. The lowest BCUT2D eigenvalue weighted by molar-refractivity contribution is -0.117. The minimum absolute atomic E-state index is 0.214. The van der Waals surface area contributed by atoms with Gasteiger partial charge in [0, 0.05) is 26.4 Å². The zero-order valence-corrected chi connectivity index (χ0v) is 24.4. The second kappa shape index (κ2) is 11.6. The first-order valence-electron chi connectivity index (χ1n) is 12.6. The summed E-state index contributed by atoms with van der Waals surface area (Å²) in [6.07, 6.45) is 0.214. The highest BCUT2D eigenvalue weighted by Gasteiger charge is 2.51. The first-order chi connectivity index (χ1) is 18.0. The normalized spacial score (nSPS) is 19.5. The number of rotatable bonds is 8. The molecule has 2 heterocycles. The number of nitrogens with zero attached hydrogens (tertiary/aromatic N) is 3. The molecule has 1 fully saturated rings. The highest BCUT2D eigenvalue weighted by Crippen LogP contribution is 2.38. The second-order valence-electron chi connectivity index (χ2n) is 10.7. The van der Waals surface area contributed by atoms with Crippen molar-refractivity contribution >= 4 is 26.8 Å². The number of benzene rings is 2. The maximum atomic E-state index is 13.1. The number of nitrogens with one attached hydrogen (secondary N) is 1. The summed E-state index contributed by atoms with van der Waals surface area (Å²) in [5, 5.41) is 2.09. The Bertz CT molecular complexity index is 1320. The molecule has 1 aliphatic rings. The molecule has 1 saturated heterocycles. The van der Waals surface area contributed by atoms with Crippen LogP contribution in [0.4, 0.5) is 0 Å². The van der Waals surface area contributed by atoms with Crippen LogP contribution in [-0.4, -0.2) is 67.1 Å². The lowest BCUT2D eigenvalue weighted by Crippen LogP contribution is -2.67. The van der Waals surface area contributed by atoms with Crippen LogP contribution in [0.5, 0.6) is 0 Å². The van der Waals surface area contributed by atoms with Gasteiger partial charge in [0.2, 0.25) is 0 Å². The van der Waals surface area contributed by atoms with Gasteiger partial charge in [-0.2, -0.15) is 0 Å². The minimum Gasteiger partial charge on any atom is -0.405 e. The topological polar surface area (TPSA) is 96.9 Å². The highest BCUT2D eigenvalue weighted by atomic mass is 31.1. The van der Waals surface area contributed by atoms with E-state index in [1.807, 2.05) is 36.4 Å². The zero-order chi connectivity index (χ0) is 27.5. The lowest BCUT2D eigenvalue weighted by atomic mass is 10.2. The van der Waals surface area contributed by atoms with Crippen molar-refractivity contribution in [3.63, 3.8) is 0 Å². The monoisotopic (exact) mass is 555 g/mol. The Morgan fingerprint density at radius 3 is 2.08 bits per heavy atom. The van der Waals surface area contributed by atoms with E-state index in [4.69, 9.17) is 9.16 Å². The van der Waals surface area contributed by atoms with E-state index in [2.05, 4.69) is 50.0 Å². The highest BCUT2D eigenvalue weighted by molar-refractivity contribution is 7.39. The summed E-state index contributed by atoms with van der Waals surface area (Å²) in [7, 11) is -1.18. The number of aromatic amines is 1. The maximum Gasteiger partial charge on any atom is 0.537 e. The molecule has 9 nitrogen and oxygen atoms in total. The molecule has 1 aromatic heterocycles. The number of morpholine rings is 1. The van der Waals surface area contributed by atoms with E-state index < -0.39 is 40.0 Å². The van der Waals surface area contributed by atoms with Gasteiger partial charge < -0.3 is 9.16 Å². The van der Waals surface area contributed by atoms with E-state index in [-0.39, 0.29) is 18.2 Å². The van der Waals surface area contributed by atoms with E-state index >= 15 is 0 Å². The fraction of sp³-hybridized carbons (Fsp3) is 0.407. The van der Waals surface area contributed by atoms with Crippen LogP contribution in [0.15, 0.2) is 82.5 Å². The molecule has 4 rings (SSSR count). The Balaban J connectivity index is 1.71. The van der Waals surface area contributed by atoms with Crippen molar-refractivity contribution in [2.45, 2.75) is 38.1 Å². The summed E-state index contributed by atoms with van der Waals surface area (Å²) in [6.45, 7) is 7.47. The summed E-state index contributed by atoms with van der Waals surface area (Å²) in [6, 6.07) is 21.9. The van der Waals surface area contributed by atoms with Crippen LogP contribution in [0.25, 0.3) is 0 Å². The van der Waals surface area contributed by atoms with Crippen LogP contribution < -0.4 is 21.6 Å². The smallest absolute Gasteiger partial charge is 0.405 e. The molecule has 3 aromatic rings. The Morgan fingerprint density at radius 2 is 1.58 bits per heavy atom. The fourth-order valence-electron chi connectivity index (χ4n) is 5.07. The molecule has 11 heteroatoms. The van der Waals surface area contributed by atoms with Crippen molar-refractivity contribution in [1.82, 2.24) is 18.9 Å². The van der Waals surface area contributed by atoms with Gasteiger partial charge in [0.15, 0.2) is 6.23 Å². The first kappa shape index (κ1) is 28.3. The molecular formula is C27H36N4O5PSi+. The predicted octanol–water partition coefficient (Wildman–Crippen LogP) is 2.53. The summed E-state index contributed by atoms with van der Waals surface area (Å²) in [5.74, 6) is 0. The van der Waals surface area contributed by atoms with Gasteiger partial charge in [0.25, 0.3) is 13.9 Å². The molecule has 0 amide bonds. The van der Waals surface area contributed by atoms with Crippen LogP contribution >= 0.6 is 8.10 Å². The predicted molar refractivity (Wildman–Crippen MR) is 152 cm³/mol. The first-order valence-corrected chi connectivity index (χ1v) is 15.7. The fourth-order valence-corrected chi connectivity index (χ4v) is 10.8. The molecular weight excluding hydrogens is 519 g/mol. The van der Waals surface area contributed by atoms with Crippen LogP contribution in [0.2, 0.25) is 5.04 Å². The molecule has 0 bridgehead atoms. The lowest BCUT2D eigenvalue weighted by Gasteiger charge is -2.44. The Kier molecular flexibility index (Phi) is 8.61. The number of ether oxygens (including phenoxy) is 1. The number of hydrogen-bond donors (Lipinski definition) is 1. The number of H-pyrrole nitrogens is 1. The van der Waals surface area contributed by atoms with Gasteiger partial charge in [-0.1, -0.05) is 90.8 Å². The van der Waals surface area contributed by atoms with Crippen molar-refractivity contribution in [1.29, 1.82) is 0 Å². The average Bonchev–Trinajstić information content (AvgIpc) is 2.89. The Labute approximate surface area is 225 Å². The van der Waals surface area contributed by atoms with E-state index in [9.17, 15) is 14.2 Å². The van der Waals surface area contributed by atoms with Gasteiger partial charge in [-0.05, 0) is 20.0 Å². The average molecular weight is 556 g/mol. The molecule has 0 spiro atoms. The van der Waals surface area contributed by atoms with Crippen LogP contribution in [0, 0.1) is 0 Å². The maximum absolute atomic E-state index is 13.1. The SMILES string of the molecule is CN(C)[P+](=O)N1C[C@@H](CO[Si](c2ccccc2)(c2ccccc2)C(C)(C)C)O[C@@H](n2ccc(=O)[nH]c2=O)C1. The number of aromatic nitrogens is 2. The van der Waals surface area contributed by atoms with Crippen molar-refractivity contribution in [3.05, 3.63) is 93.8 Å². The molecule has 1 N–H and O–H groups in total. The molecule has 0 aliphatic carbocycles. The van der Waals surface area contributed by atoms with E-state index in [0.29, 0.717) is 6.54 Å².